The predicted molar refractivity (Wildman–Crippen MR) is 142 cm³/mol. The van der Waals surface area contributed by atoms with Crippen LogP contribution < -0.4 is 5.48 Å². The molecule has 3 aliphatic rings. The molecule has 0 radical (unpaired) electrons. The van der Waals surface area contributed by atoms with Gasteiger partial charge in [0.05, 0.1) is 0 Å². The summed E-state index contributed by atoms with van der Waals surface area (Å²) in [5.41, 5.74) is 3.68. The summed E-state index contributed by atoms with van der Waals surface area (Å²) in [7, 11) is 0. The van der Waals surface area contributed by atoms with Gasteiger partial charge in [-0.25, -0.2) is 0 Å². The molecule has 0 aromatic carbocycles. The molecule has 0 aromatic rings. The predicted octanol–water partition coefficient (Wildman–Crippen LogP) is 6.53. The van der Waals surface area contributed by atoms with Crippen LogP contribution in [0.1, 0.15) is 89.9 Å². The number of nitrogens with one attached hydrogen (secondary N) is 1. The average molecular weight is 661 g/mol. The van der Waals surface area contributed by atoms with Crippen LogP contribution in [-0.2, 0) is 12.6 Å². The first-order valence-corrected chi connectivity index (χ1v) is 18.0. The zero-order valence-corrected chi connectivity index (χ0v) is 23.4. The van der Waals surface area contributed by atoms with Gasteiger partial charge in [0.2, 0.25) is 0 Å². The van der Waals surface area contributed by atoms with Crippen molar-refractivity contribution in [3.63, 3.8) is 0 Å². The molecule has 3 atom stereocenters. The minimum atomic E-state index is -1.21. The molecule has 0 amide bonds. The Balaban J connectivity index is 1.49. The Morgan fingerprint density at radius 3 is 2.48 bits per heavy atom. The molecule has 5 nitrogen and oxygen atoms in total. The van der Waals surface area contributed by atoms with Crippen LogP contribution in [-0.4, -0.2) is 43.0 Å². The number of alkyl halides is 3. The van der Waals surface area contributed by atoms with Gasteiger partial charge >= 0.3 is 211 Å². The monoisotopic (exact) mass is 661 g/mol. The molecular weight excluding hydrogens is 620 g/mol. The number of ether oxygens (including phenoxy) is 1. The van der Waals surface area contributed by atoms with Crippen LogP contribution in [0.25, 0.3) is 0 Å². The van der Waals surface area contributed by atoms with E-state index in [1.807, 2.05) is 23.0 Å². The summed E-state index contributed by atoms with van der Waals surface area (Å²) >= 11 is 0.793. The number of Topliss-reactive ketones (excluding diaryl/α,β-unsaturated/α-hetero) is 1. The second-order valence-corrected chi connectivity index (χ2v) is 16.2. The van der Waals surface area contributed by atoms with Gasteiger partial charge in [-0.05, 0) is 0 Å². The zero-order chi connectivity index (χ0) is 22.1. The Kier molecular flexibility index (Phi) is 11.9. The van der Waals surface area contributed by atoms with Gasteiger partial charge in [0, 0.05) is 0 Å². The van der Waals surface area contributed by atoms with Crippen molar-refractivity contribution in [3.8, 4) is 0 Å². The van der Waals surface area contributed by atoms with Gasteiger partial charge in [-0.3, -0.25) is 0 Å². The third-order valence-corrected chi connectivity index (χ3v) is 14.3. The zero-order valence-electron chi connectivity index (χ0n) is 19.1. The van der Waals surface area contributed by atoms with Gasteiger partial charge in [-0.1, -0.05) is 0 Å². The first kappa shape index (κ1) is 26.2. The van der Waals surface area contributed by atoms with E-state index < -0.39 is 19.8 Å². The van der Waals surface area contributed by atoms with Crippen LogP contribution in [0, 0.1) is 5.92 Å². The maximum absolute atomic E-state index is 13.0. The maximum atomic E-state index is 13.0. The minimum absolute atomic E-state index is 0.0169. The van der Waals surface area contributed by atoms with Crippen LogP contribution in [0.5, 0.6) is 0 Å². The third kappa shape index (κ3) is 8.07. The molecule has 1 saturated carbocycles. The van der Waals surface area contributed by atoms with Crippen molar-refractivity contribution in [2.75, 3.05) is 16.0 Å². The molecule has 0 aromatic heterocycles. The average Bonchev–Trinajstić information content (AvgIpc) is 2.99. The molecule has 2 N–H and O–H groups in total. The fourth-order valence-corrected chi connectivity index (χ4v) is 11.3. The first-order chi connectivity index (χ1) is 15.1. The second-order valence-electron chi connectivity index (χ2n) is 9.56. The topological polar surface area (TPSA) is 67.8 Å². The first-order valence-electron chi connectivity index (χ1n) is 12.2. The molecule has 0 unspecified atom stereocenters. The van der Waals surface area contributed by atoms with Gasteiger partial charge in [-0.2, -0.15) is 0 Å². The SMILES string of the molecule is CI(CC(=O)CC[C@@H]1C2=C(C[C@H]1OI)OC[C@@H](NO)CC2)C1CCCCCCCCC1. The van der Waals surface area contributed by atoms with Gasteiger partial charge in [0.25, 0.3) is 0 Å². The van der Waals surface area contributed by atoms with Gasteiger partial charge in [-0.15, -0.1) is 0 Å². The Bertz CT molecular complexity index is 590. The van der Waals surface area contributed by atoms with Crippen molar-refractivity contribution in [2.45, 2.75) is 106 Å². The van der Waals surface area contributed by atoms with Crippen molar-refractivity contribution in [1.82, 2.24) is 5.48 Å². The molecule has 7 heteroatoms. The number of ketones is 1. The molecule has 0 spiro atoms. The Labute approximate surface area is 209 Å². The summed E-state index contributed by atoms with van der Waals surface area (Å²) in [5, 5.41) is 9.26. The molecule has 31 heavy (non-hydrogen) atoms. The van der Waals surface area contributed by atoms with E-state index in [0.29, 0.717) is 18.8 Å². The summed E-state index contributed by atoms with van der Waals surface area (Å²) in [4.78, 5) is 15.4. The van der Waals surface area contributed by atoms with Crippen molar-refractivity contribution in [1.29, 1.82) is 0 Å². The van der Waals surface area contributed by atoms with Crippen LogP contribution >= 0.6 is 42.8 Å². The van der Waals surface area contributed by atoms with E-state index >= 15 is 0 Å². The van der Waals surface area contributed by atoms with E-state index in [0.717, 1.165) is 39.8 Å². The summed E-state index contributed by atoms with van der Waals surface area (Å²) in [6, 6.07) is -0.0169. The van der Waals surface area contributed by atoms with Crippen LogP contribution in [0.15, 0.2) is 11.3 Å². The van der Waals surface area contributed by atoms with E-state index in [2.05, 4.69) is 10.4 Å². The summed E-state index contributed by atoms with van der Waals surface area (Å²) in [5.74, 6) is 1.80. The Morgan fingerprint density at radius 2 is 1.84 bits per heavy atom. The molecule has 2 aliphatic carbocycles. The number of hydroxylamine groups is 1. The van der Waals surface area contributed by atoms with Gasteiger partial charge < -0.3 is 0 Å². The summed E-state index contributed by atoms with van der Waals surface area (Å²) in [6.07, 6.45) is 16.7. The normalized spacial score (nSPS) is 29.1. The van der Waals surface area contributed by atoms with E-state index in [1.165, 1.54) is 63.4 Å². The molecule has 180 valence electrons. The molecule has 1 aliphatic heterocycles. The number of hydrogen-bond acceptors (Lipinski definition) is 5. The molecular formula is C24H41I2NO4. The van der Waals surface area contributed by atoms with Crippen LogP contribution in [0.3, 0.4) is 0 Å². The molecule has 1 heterocycles. The number of carbonyl (C=O) groups is 1. The molecule has 1 fully saturated rings. The fraction of sp³-hybridized carbons (Fsp3) is 0.875. The summed E-state index contributed by atoms with van der Waals surface area (Å²) in [6.45, 7) is 0.500. The fourth-order valence-electron chi connectivity index (χ4n) is 5.39. The van der Waals surface area contributed by atoms with Crippen molar-refractivity contribution < 1.29 is 17.8 Å². The van der Waals surface area contributed by atoms with Crippen molar-refractivity contribution >= 4 is 48.6 Å². The third-order valence-electron chi connectivity index (χ3n) is 7.31. The van der Waals surface area contributed by atoms with E-state index in [-0.39, 0.29) is 18.1 Å². The number of hydrogen-bond donors (Lipinski definition) is 2. The van der Waals surface area contributed by atoms with Crippen LogP contribution in [0.2, 0.25) is 0 Å². The van der Waals surface area contributed by atoms with E-state index in [1.54, 1.807) is 0 Å². The Hall–Kier alpha value is 0.550. The molecule has 0 bridgehead atoms. The van der Waals surface area contributed by atoms with E-state index in [4.69, 9.17) is 7.80 Å². The second kappa shape index (κ2) is 14.1. The standard InChI is InChI=1S/C24H41I2NO4/c1-26(18-9-7-5-3-2-4-6-8-10-18)16-20(28)12-14-22-21-13-11-19(27-29)17-30-23(21)15-24(22)31-25/h18-19,22,24,27,29H,2-17H2,1H3/t19-,22+,24+/m0/s1. The quantitative estimate of drug-likeness (QED) is 0.176. The molecule has 3 rings (SSSR count). The van der Waals surface area contributed by atoms with Gasteiger partial charge in [0.1, 0.15) is 0 Å². The Morgan fingerprint density at radius 1 is 1.16 bits per heavy atom. The van der Waals surface area contributed by atoms with Crippen LogP contribution in [0.4, 0.5) is 0 Å². The van der Waals surface area contributed by atoms with Crippen molar-refractivity contribution in [2.24, 2.45) is 5.92 Å². The summed E-state index contributed by atoms with van der Waals surface area (Å²) < 4.78 is 13.5. The van der Waals surface area contributed by atoms with Crippen molar-refractivity contribution in [3.05, 3.63) is 11.3 Å². The van der Waals surface area contributed by atoms with E-state index in [9.17, 15) is 10.0 Å². The number of halogens is 2. The molecule has 0 saturated heterocycles. The number of rotatable bonds is 8. The number of carbonyl (C=O) groups excluding carboxylic acids is 1. The van der Waals surface area contributed by atoms with Gasteiger partial charge in [0.15, 0.2) is 0 Å².